The van der Waals surface area contributed by atoms with Crippen molar-refractivity contribution in [3.63, 3.8) is 0 Å². The van der Waals surface area contributed by atoms with Crippen LogP contribution in [0.5, 0.6) is 0 Å². The van der Waals surface area contributed by atoms with Crippen molar-refractivity contribution in [3.05, 3.63) is 11.6 Å². The summed E-state index contributed by atoms with van der Waals surface area (Å²) in [6.07, 6.45) is 5.58. The number of esters is 1. The lowest BCUT2D eigenvalue weighted by atomic mass is 9.48. The minimum Gasteiger partial charge on any atom is -0.462 e. The molecule has 0 N–H and O–H groups in total. The number of allylic oxidation sites excluding steroid dienone is 1. The number of cyclic esters (lactones) is 1. The number of hydrogen-bond acceptors (Lipinski definition) is 3. The maximum atomic E-state index is 11.8. The van der Waals surface area contributed by atoms with Crippen LogP contribution < -0.4 is 0 Å². The maximum absolute atomic E-state index is 11.8. The van der Waals surface area contributed by atoms with Gasteiger partial charge in [0.2, 0.25) is 0 Å². The standard InChI is InChI=1S/C16H24O3/c1-15(2)7-10(18-4)8-16(3)12-9-19-14(17)11(12)5-6-13(15)16/h5,10,12-13H,6-9H2,1-4H3. The van der Waals surface area contributed by atoms with Crippen molar-refractivity contribution in [1.29, 1.82) is 0 Å². The van der Waals surface area contributed by atoms with Crippen molar-refractivity contribution in [2.45, 2.75) is 46.1 Å². The van der Waals surface area contributed by atoms with Crippen molar-refractivity contribution in [2.75, 3.05) is 13.7 Å². The molecule has 0 aromatic heterocycles. The van der Waals surface area contributed by atoms with Crippen molar-refractivity contribution >= 4 is 5.97 Å². The Balaban J connectivity index is 2.02. The molecular weight excluding hydrogens is 240 g/mol. The van der Waals surface area contributed by atoms with Gasteiger partial charge in [0.15, 0.2) is 0 Å². The predicted molar refractivity (Wildman–Crippen MR) is 72.6 cm³/mol. The summed E-state index contributed by atoms with van der Waals surface area (Å²) in [6.45, 7) is 7.59. The average molecular weight is 264 g/mol. The van der Waals surface area contributed by atoms with Gasteiger partial charge in [-0.15, -0.1) is 0 Å². The van der Waals surface area contributed by atoms with Crippen molar-refractivity contribution in [2.24, 2.45) is 22.7 Å². The Labute approximate surface area is 115 Å². The molecule has 0 amide bonds. The van der Waals surface area contributed by atoms with E-state index < -0.39 is 0 Å². The minimum atomic E-state index is -0.0954. The number of rotatable bonds is 1. The number of methoxy groups -OCH3 is 1. The summed E-state index contributed by atoms with van der Waals surface area (Å²) >= 11 is 0. The van der Waals surface area contributed by atoms with E-state index in [0.717, 1.165) is 24.8 Å². The molecule has 106 valence electrons. The molecule has 0 aromatic carbocycles. The van der Waals surface area contributed by atoms with Gasteiger partial charge in [-0.1, -0.05) is 26.8 Å². The van der Waals surface area contributed by atoms with Gasteiger partial charge in [-0.2, -0.15) is 0 Å². The highest BCUT2D eigenvalue weighted by Gasteiger charge is 2.57. The van der Waals surface area contributed by atoms with E-state index in [-0.39, 0.29) is 22.7 Å². The Hall–Kier alpha value is -0.830. The zero-order valence-corrected chi connectivity index (χ0v) is 12.4. The van der Waals surface area contributed by atoms with Gasteiger partial charge in [0, 0.05) is 18.6 Å². The third-order valence-electron chi connectivity index (χ3n) is 5.86. The Kier molecular flexibility index (Phi) is 2.83. The van der Waals surface area contributed by atoms with Crippen molar-refractivity contribution < 1.29 is 14.3 Å². The fourth-order valence-corrected chi connectivity index (χ4v) is 4.96. The molecule has 2 aliphatic carbocycles. The number of hydrogen-bond donors (Lipinski definition) is 0. The molecule has 3 aliphatic rings. The van der Waals surface area contributed by atoms with Gasteiger partial charge in [0.05, 0.1) is 12.7 Å². The maximum Gasteiger partial charge on any atom is 0.334 e. The van der Waals surface area contributed by atoms with E-state index >= 15 is 0 Å². The van der Waals surface area contributed by atoms with Gasteiger partial charge in [-0.3, -0.25) is 0 Å². The molecular formula is C16H24O3. The van der Waals surface area contributed by atoms with Crippen LogP contribution in [0.1, 0.15) is 40.0 Å². The second kappa shape index (κ2) is 4.08. The molecule has 4 unspecified atom stereocenters. The molecule has 1 aliphatic heterocycles. The van der Waals surface area contributed by atoms with Crippen LogP contribution in [-0.2, 0) is 14.3 Å². The summed E-state index contributed by atoms with van der Waals surface area (Å²) in [6, 6.07) is 0. The van der Waals surface area contributed by atoms with Gasteiger partial charge >= 0.3 is 5.97 Å². The number of fused-ring (bicyclic) bond motifs is 3. The molecule has 4 atom stereocenters. The van der Waals surface area contributed by atoms with Crippen molar-refractivity contribution in [1.82, 2.24) is 0 Å². The van der Waals surface area contributed by atoms with Crippen LogP contribution in [0.2, 0.25) is 0 Å². The monoisotopic (exact) mass is 264 g/mol. The van der Waals surface area contributed by atoms with Gasteiger partial charge < -0.3 is 9.47 Å². The smallest absolute Gasteiger partial charge is 0.334 e. The fourth-order valence-electron chi connectivity index (χ4n) is 4.96. The van der Waals surface area contributed by atoms with Crippen LogP contribution in [0.3, 0.4) is 0 Å². The zero-order valence-electron chi connectivity index (χ0n) is 12.4. The summed E-state index contributed by atoms with van der Waals surface area (Å²) in [5.41, 5.74) is 1.30. The molecule has 2 fully saturated rings. The summed E-state index contributed by atoms with van der Waals surface area (Å²) in [4.78, 5) is 11.8. The first-order valence-electron chi connectivity index (χ1n) is 7.28. The van der Waals surface area contributed by atoms with Crippen LogP contribution in [0.25, 0.3) is 0 Å². The molecule has 1 heterocycles. The topological polar surface area (TPSA) is 35.5 Å². The SMILES string of the molecule is COC1CC(C)(C)C2CC=C3C(=O)OCC3C2(C)C1. The summed E-state index contributed by atoms with van der Waals surface area (Å²) in [5.74, 6) is 0.771. The lowest BCUT2D eigenvalue weighted by Gasteiger charge is -2.56. The first-order valence-corrected chi connectivity index (χ1v) is 7.28. The van der Waals surface area contributed by atoms with Crippen LogP contribution in [-0.4, -0.2) is 25.8 Å². The van der Waals surface area contributed by atoms with Gasteiger partial charge in [0.1, 0.15) is 0 Å². The Morgan fingerprint density at radius 3 is 2.74 bits per heavy atom. The van der Waals surface area contributed by atoms with E-state index in [1.165, 1.54) is 0 Å². The van der Waals surface area contributed by atoms with Crippen LogP contribution in [0, 0.1) is 22.7 Å². The molecule has 1 saturated carbocycles. The quantitative estimate of drug-likeness (QED) is 0.683. The summed E-state index contributed by atoms with van der Waals surface area (Å²) in [7, 11) is 1.81. The summed E-state index contributed by atoms with van der Waals surface area (Å²) in [5, 5.41) is 0. The van der Waals surface area contributed by atoms with E-state index in [4.69, 9.17) is 9.47 Å². The molecule has 1 saturated heterocycles. The molecule has 3 nitrogen and oxygen atoms in total. The Morgan fingerprint density at radius 1 is 1.32 bits per heavy atom. The Morgan fingerprint density at radius 2 is 2.05 bits per heavy atom. The van der Waals surface area contributed by atoms with E-state index in [2.05, 4.69) is 26.8 Å². The highest BCUT2D eigenvalue weighted by Crippen LogP contribution is 2.61. The molecule has 0 spiro atoms. The lowest BCUT2D eigenvalue weighted by Crippen LogP contribution is -2.52. The zero-order chi connectivity index (χ0) is 13.8. The molecule has 19 heavy (non-hydrogen) atoms. The molecule has 0 bridgehead atoms. The number of carbonyl (C=O) groups is 1. The second-order valence-electron chi connectivity index (χ2n) is 7.36. The average Bonchev–Trinajstić information content (AvgIpc) is 2.70. The highest BCUT2D eigenvalue weighted by atomic mass is 16.5. The first kappa shape index (κ1) is 13.2. The van der Waals surface area contributed by atoms with Gasteiger partial charge in [0.25, 0.3) is 0 Å². The third kappa shape index (κ3) is 1.78. The van der Waals surface area contributed by atoms with Crippen LogP contribution in [0.4, 0.5) is 0 Å². The first-order chi connectivity index (χ1) is 8.88. The third-order valence-corrected chi connectivity index (χ3v) is 5.86. The van der Waals surface area contributed by atoms with Gasteiger partial charge in [-0.25, -0.2) is 4.79 Å². The molecule has 0 radical (unpaired) electrons. The van der Waals surface area contributed by atoms with Gasteiger partial charge in [-0.05, 0) is 36.0 Å². The number of carbonyl (C=O) groups excluding carboxylic acids is 1. The Bertz CT molecular complexity index is 437. The molecule has 0 aromatic rings. The van der Waals surface area contributed by atoms with E-state index in [9.17, 15) is 4.79 Å². The van der Waals surface area contributed by atoms with Crippen LogP contribution >= 0.6 is 0 Å². The van der Waals surface area contributed by atoms with E-state index in [1.807, 2.05) is 0 Å². The molecule has 3 rings (SSSR count). The van der Waals surface area contributed by atoms with Crippen molar-refractivity contribution in [3.8, 4) is 0 Å². The largest absolute Gasteiger partial charge is 0.462 e. The number of ether oxygens (including phenoxy) is 2. The second-order valence-corrected chi connectivity index (χ2v) is 7.36. The summed E-state index contributed by atoms with van der Waals surface area (Å²) < 4.78 is 11.0. The normalized spacial score (nSPS) is 44.1. The van der Waals surface area contributed by atoms with E-state index in [0.29, 0.717) is 18.6 Å². The lowest BCUT2D eigenvalue weighted by molar-refractivity contribution is -0.135. The molecule has 3 heteroatoms. The predicted octanol–water partition coefficient (Wildman–Crippen LogP) is 2.95. The highest BCUT2D eigenvalue weighted by molar-refractivity contribution is 5.91. The fraction of sp³-hybridized carbons (Fsp3) is 0.812. The van der Waals surface area contributed by atoms with Crippen LogP contribution in [0.15, 0.2) is 11.6 Å². The minimum absolute atomic E-state index is 0.0954. The van der Waals surface area contributed by atoms with E-state index in [1.54, 1.807) is 7.11 Å².